The zero-order valence-corrected chi connectivity index (χ0v) is 7.01. The number of nitriles is 1. The summed E-state index contributed by atoms with van der Waals surface area (Å²) in [4.78, 5) is 3.77. The molecule has 1 aromatic rings. The van der Waals surface area contributed by atoms with Gasteiger partial charge in [0.25, 0.3) is 5.82 Å². The Bertz CT molecular complexity index is 262. The highest BCUT2D eigenvalue weighted by molar-refractivity contribution is 7.98. The van der Waals surface area contributed by atoms with Crippen molar-refractivity contribution in [1.82, 2.24) is 14.8 Å². The molecule has 0 saturated carbocycles. The molecule has 0 unspecified atom stereocenters. The molecule has 58 valence electrons. The molecule has 1 heterocycles. The van der Waals surface area contributed by atoms with Gasteiger partial charge >= 0.3 is 0 Å². The predicted molar refractivity (Wildman–Crippen MR) is 43.1 cm³/mol. The highest BCUT2D eigenvalue weighted by Crippen LogP contribution is 1.94. The Morgan fingerprint density at radius 2 is 2.64 bits per heavy atom. The summed E-state index contributed by atoms with van der Waals surface area (Å²) >= 11 is 1.74. The van der Waals surface area contributed by atoms with Crippen molar-refractivity contribution in [2.24, 2.45) is 0 Å². The Balaban J connectivity index is 2.53. The lowest BCUT2D eigenvalue weighted by molar-refractivity contribution is 0.662. The van der Waals surface area contributed by atoms with Crippen LogP contribution in [0.25, 0.3) is 0 Å². The topological polar surface area (TPSA) is 54.5 Å². The van der Waals surface area contributed by atoms with Gasteiger partial charge in [0.1, 0.15) is 12.4 Å². The molecule has 0 saturated heterocycles. The lowest BCUT2D eigenvalue weighted by Gasteiger charge is -1.94. The summed E-state index contributed by atoms with van der Waals surface area (Å²) < 4.78 is 1.68. The first kappa shape index (κ1) is 8.08. The Morgan fingerprint density at radius 3 is 3.18 bits per heavy atom. The molecule has 11 heavy (non-hydrogen) atoms. The van der Waals surface area contributed by atoms with Gasteiger partial charge in [0.05, 0.1) is 6.54 Å². The molecule has 0 spiro atoms. The molecule has 0 amide bonds. The molecule has 4 nitrogen and oxygen atoms in total. The Hall–Kier alpha value is -1.02. The molecular formula is C6H8N4S. The monoisotopic (exact) mass is 168 g/mol. The number of nitrogens with zero attached hydrogens (tertiary/aromatic N) is 4. The normalized spacial score (nSPS) is 9.45. The van der Waals surface area contributed by atoms with E-state index < -0.39 is 0 Å². The molecule has 0 aliphatic carbocycles. The smallest absolute Gasteiger partial charge is 0.251 e. The van der Waals surface area contributed by atoms with Crippen molar-refractivity contribution in [3.8, 4) is 6.07 Å². The first-order valence-electron chi connectivity index (χ1n) is 3.15. The third-order valence-electron chi connectivity index (χ3n) is 1.16. The number of aromatic nitrogens is 3. The first-order chi connectivity index (χ1) is 5.36. The average Bonchev–Trinajstić information content (AvgIpc) is 2.48. The van der Waals surface area contributed by atoms with Crippen LogP contribution in [0.4, 0.5) is 0 Å². The summed E-state index contributed by atoms with van der Waals surface area (Å²) in [6.07, 6.45) is 3.61. The van der Waals surface area contributed by atoms with Crippen LogP contribution < -0.4 is 0 Å². The van der Waals surface area contributed by atoms with Gasteiger partial charge in [-0.25, -0.2) is 4.98 Å². The van der Waals surface area contributed by atoms with Crippen molar-refractivity contribution in [1.29, 1.82) is 5.26 Å². The summed E-state index contributed by atoms with van der Waals surface area (Å²) in [7, 11) is 0. The van der Waals surface area contributed by atoms with Gasteiger partial charge in [-0.2, -0.15) is 17.0 Å². The minimum atomic E-state index is 0.242. The molecule has 0 fully saturated rings. The van der Waals surface area contributed by atoms with E-state index in [1.54, 1.807) is 22.8 Å². The van der Waals surface area contributed by atoms with Crippen molar-refractivity contribution < 1.29 is 0 Å². The SMILES string of the molecule is CSCCn1cnc(C#N)n1. The molecule has 0 bridgehead atoms. The highest BCUT2D eigenvalue weighted by Gasteiger charge is 1.96. The predicted octanol–water partition coefficient (Wildman–Crippen LogP) is 0.513. The van der Waals surface area contributed by atoms with E-state index in [4.69, 9.17) is 5.26 Å². The van der Waals surface area contributed by atoms with Gasteiger partial charge in [0, 0.05) is 5.75 Å². The van der Waals surface area contributed by atoms with Crippen LogP contribution >= 0.6 is 11.8 Å². The van der Waals surface area contributed by atoms with Gasteiger partial charge < -0.3 is 0 Å². The maximum absolute atomic E-state index is 8.38. The molecule has 1 aromatic heterocycles. The second-order valence-electron chi connectivity index (χ2n) is 1.94. The van der Waals surface area contributed by atoms with E-state index in [-0.39, 0.29) is 5.82 Å². The van der Waals surface area contributed by atoms with Crippen molar-refractivity contribution in [3.05, 3.63) is 12.2 Å². The van der Waals surface area contributed by atoms with Crippen LogP contribution in [-0.2, 0) is 6.54 Å². The highest BCUT2D eigenvalue weighted by atomic mass is 32.2. The Kier molecular flexibility index (Phi) is 2.93. The van der Waals surface area contributed by atoms with Crippen molar-refractivity contribution in [2.75, 3.05) is 12.0 Å². The van der Waals surface area contributed by atoms with E-state index in [2.05, 4.69) is 10.1 Å². The lowest BCUT2D eigenvalue weighted by Crippen LogP contribution is -2.00. The van der Waals surface area contributed by atoms with E-state index >= 15 is 0 Å². The van der Waals surface area contributed by atoms with Gasteiger partial charge in [-0.05, 0) is 6.26 Å². The molecular weight excluding hydrogens is 160 g/mol. The Morgan fingerprint density at radius 1 is 1.82 bits per heavy atom. The van der Waals surface area contributed by atoms with Gasteiger partial charge in [-0.3, -0.25) is 4.68 Å². The quantitative estimate of drug-likeness (QED) is 0.660. The fraction of sp³-hybridized carbons (Fsp3) is 0.500. The number of aryl methyl sites for hydroxylation is 1. The fourth-order valence-corrected chi connectivity index (χ4v) is 1.01. The van der Waals surface area contributed by atoms with E-state index in [0.29, 0.717) is 0 Å². The van der Waals surface area contributed by atoms with Crippen LogP contribution in [0.3, 0.4) is 0 Å². The largest absolute Gasteiger partial charge is 0.252 e. The molecule has 0 atom stereocenters. The molecule has 1 rings (SSSR count). The van der Waals surface area contributed by atoms with Crippen LogP contribution in [0, 0.1) is 11.3 Å². The van der Waals surface area contributed by atoms with Crippen molar-refractivity contribution in [2.45, 2.75) is 6.54 Å². The zero-order valence-electron chi connectivity index (χ0n) is 6.19. The number of rotatable bonds is 3. The zero-order chi connectivity index (χ0) is 8.10. The van der Waals surface area contributed by atoms with Crippen molar-refractivity contribution in [3.63, 3.8) is 0 Å². The second-order valence-corrected chi connectivity index (χ2v) is 2.92. The van der Waals surface area contributed by atoms with Gasteiger partial charge in [0.2, 0.25) is 0 Å². The summed E-state index contributed by atoms with van der Waals surface area (Å²) in [6.45, 7) is 0.815. The van der Waals surface area contributed by atoms with E-state index in [9.17, 15) is 0 Å². The minimum absolute atomic E-state index is 0.242. The van der Waals surface area contributed by atoms with Crippen LogP contribution in [0.2, 0.25) is 0 Å². The van der Waals surface area contributed by atoms with Gasteiger partial charge in [0.15, 0.2) is 0 Å². The molecule has 5 heteroatoms. The molecule has 0 radical (unpaired) electrons. The van der Waals surface area contributed by atoms with Crippen molar-refractivity contribution >= 4 is 11.8 Å². The third-order valence-corrected chi connectivity index (χ3v) is 1.75. The number of thioether (sulfide) groups is 1. The van der Waals surface area contributed by atoms with Crippen LogP contribution in [0.15, 0.2) is 6.33 Å². The average molecular weight is 168 g/mol. The van der Waals surface area contributed by atoms with Gasteiger partial charge in [-0.1, -0.05) is 0 Å². The summed E-state index contributed by atoms with van der Waals surface area (Å²) in [5.74, 6) is 1.24. The maximum atomic E-state index is 8.38. The number of hydrogen-bond donors (Lipinski definition) is 0. The lowest BCUT2D eigenvalue weighted by atomic mass is 10.7. The van der Waals surface area contributed by atoms with E-state index in [1.165, 1.54) is 0 Å². The summed E-state index contributed by atoms with van der Waals surface area (Å²) in [5.41, 5.74) is 0. The third kappa shape index (κ3) is 2.24. The van der Waals surface area contributed by atoms with Crippen LogP contribution in [0.1, 0.15) is 5.82 Å². The molecule has 0 N–H and O–H groups in total. The maximum Gasteiger partial charge on any atom is 0.252 e. The minimum Gasteiger partial charge on any atom is -0.251 e. The fourth-order valence-electron chi connectivity index (χ4n) is 0.638. The standard InChI is InChI=1S/C6H8N4S/c1-11-3-2-10-5-8-6(4-7)9-10/h5H,2-3H2,1H3. The van der Waals surface area contributed by atoms with E-state index in [0.717, 1.165) is 12.3 Å². The van der Waals surface area contributed by atoms with Crippen LogP contribution in [0.5, 0.6) is 0 Å². The first-order valence-corrected chi connectivity index (χ1v) is 4.54. The van der Waals surface area contributed by atoms with E-state index in [1.807, 2.05) is 12.3 Å². The van der Waals surface area contributed by atoms with Gasteiger partial charge in [-0.15, -0.1) is 5.10 Å². The molecule has 0 aliphatic rings. The molecule has 0 aliphatic heterocycles. The molecule has 0 aromatic carbocycles. The summed E-state index contributed by atoms with van der Waals surface area (Å²) in [5, 5.41) is 12.3. The number of hydrogen-bond acceptors (Lipinski definition) is 4. The van der Waals surface area contributed by atoms with Crippen LogP contribution in [-0.4, -0.2) is 26.8 Å². The summed E-state index contributed by atoms with van der Waals surface area (Å²) in [6, 6.07) is 1.87. The second kappa shape index (κ2) is 3.98. The Labute approximate surface area is 69.2 Å².